The molecule has 1 atom stereocenters. The molecule has 0 N–H and O–H groups in total. The van der Waals surface area contributed by atoms with E-state index in [0.717, 1.165) is 6.07 Å². The maximum Gasteiger partial charge on any atom is 0.267 e. The quantitative estimate of drug-likeness (QED) is 0.772. The van der Waals surface area contributed by atoms with Crippen LogP contribution in [0.3, 0.4) is 0 Å². The molecule has 0 aromatic heterocycles. The SMILES string of the molecule is O=C([C@@H]1COc2ccccc2O1)N1CCN(S(=O)(=O)c2ccccc2F)CC1. The summed E-state index contributed by atoms with van der Waals surface area (Å²) in [7, 11) is -3.94. The van der Waals surface area contributed by atoms with Gasteiger partial charge in [0.05, 0.1) is 0 Å². The number of fused-ring (bicyclic) bond motifs is 1. The molecule has 0 radical (unpaired) electrons. The number of halogens is 1. The normalized spacial score (nSPS) is 20.0. The Morgan fingerprint density at radius 3 is 2.32 bits per heavy atom. The van der Waals surface area contributed by atoms with Gasteiger partial charge in [-0.2, -0.15) is 4.31 Å². The van der Waals surface area contributed by atoms with Gasteiger partial charge in [0, 0.05) is 26.2 Å². The van der Waals surface area contributed by atoms with Crippen LogP contribution in [0.15, 0.2) is 53.4 Å². The molecule has 2 heterocycles. The lowest BCUT2D eigenvalue weighted by atomic mass is 10.2. The lowest BCUT2D eigenvalue weighted by Crippen LogP contribution is -2.55. The predicted molar refractivity (Wildman–Crippen MR) is 98.1 cm³/mol. The zero-order chi connectivity index (χ0) is 19.7. The fourth-order valence-electron chi connectivity index (χ4n) is 3.29. The van der Waals surface area contributed by atoms with E-state index >= 15 is 0 Å². The van der Waals surface area contributed by atoms with Crippen LogP contribution >= 0.6 is 0 Å². The summed E-state index contributed by atoms with van der Waals surface area (Å²) >= 11 is 0. The Morgan fingerprint density at radius 1 is 0.964 bits per heavy atom. The van der Waals surface area contributed by atoms with Crippen molar-refractivity contribution in [2.75, 3.05) is 32.8 Å². The first-order chi connectivity index (χ1) is 13.5. The minimum atomic E-state index is -3.94. The molecule has 2 aliphatic heterocycles. The number of amides is 1. The van der Waals surface area contributed by atoms with Crippen molar-refractivity contribution < 1.29 is 27.1 Å². The average Bonchev–Trinajstić information content (AvgIpc) is 2.73. The number of nitrogens with zero attached hydrogens (tertiary/aromatic N) is 2. The van der Waals surface area contributed by atoms with Crippen molar-refractivity contribution in [1.82, 2.24) is 9.21 Å². The molecule has 0 bridgehead atoms. The molecule has 0 saturated carbocycles. The summed E-state index contributed by atoms with van der Waals surface area (Å²) in [6.45, 7) is 0.685. The Balaban J connectivity index is 1.41. The van der Waals surface area contributed by atoms with Crippen molar-refractivity contribution in [1.29, 1.82) is 0 Å². The van der Waals surface area contributed by atoms with E-state index in [-0.39, 0.29) is 43.6 Å². The van der Waals surface area contributed by atoms with E-state index in [1.54, 1.807) is 23.1 Å². The zero-order valence-electron chi connectivity index (χ0n) is 15.0. The van der Waals surface area contributed by atoms with Gasteiger partial charge in [0.25, 0.3) is 5.91 Å². The Labute approximate surface area is 162 Å². The van der Waals surface area contributed by atoms with E-state index in [1.807, 2.05) is 6.07 Å². The van der Waals surface area contributed by atoms with Gasteiger partial charge in [-0.05, 0) is 24.3 Å². The van der Waals surface area contributed by atoms with Crippen molar-refractivity contribution in [3.63, 3.8) is 0 Å². The number of hydrogen-bond donors (Lipinski definition) is 0. The minimum absolute atomic E-state index is 0.0899. The zero-order valence-corrected chi connectivity index (χ0v) is 15.8. The molecule has 4 rings (SSSR count). The first-order valence-corrected chi connectivity index (χ1v) is 10.3. The number of piperazine rings is 1. The maximum absolute atomic E-state index is 13.9. The molecular formula is C19H19FN2O5S. The number of sulfonamides is 1. The minimum Gasteiger partial charge on any atom is -0.485 e. The van der Waals surface area contributed by atoms with E-state index in [1.165, 1.54) is 22.5 Å². The summed E-state index contributed by atoms with van der Waals surface area (Å²) in [6.07, 6.45) is -0.773. The molecule has 2 aromatic carbocycles. The van der Waals surface area contributed by atoms with Crippen molar-refractivity contribution in [2.45, 2.75) is 11.0 Å². The van der Waals surface area contributed by atoms with E-state index in [2.05, 4.69) is 0 Å². The van der Waals surface area contributed by atoms with Gasteiger partial charge >= 0.3 is 0 Å². The van der Waals surface area contributed by atoms with Crippen LogP contribution in [-0.4, -0.2) is 62.4 Å². The van der Waals surface area contributed by atoms with Gasteiger partial charge in [0.1, 0.15) is 17.3 Å². The first-order valence-electron chi connectivity index (χ1n) is 8.89. The van der Waals surface area contributed by atoms with Crippen LogP contribution < -0.4 is 9.47 Å². The molecule has 1 amide bonds. The number of rotatable bonds is 3. The summed E-state index contributed by atoms with van der Waals surface area (Å²) in [5.41, 5.74) is 0. The number of ether oxygens (including phenoxy) is 2. The fraction of sp³-hybridized carbons (Fsp3) is 0.316. The Morgan fingerprint density at radius 2 is 1.61 bits per heavy atom. The fourth-order valence-corrected chi connectivity index (χ4v) is 4.77. The lowest BCUT2D eigenvalue weighted by molar-refractivity contribution is -0.142. The third-order valence-electron chi connectivity index (χ3n) is 4.79. The molecular weight excluding hydrogens is 387 g/mol. The summed E-state index contributed by atoms with van der Waals surface area (Å²) < 4.78 is 51.7. The molecule has 1 saturated heterocycles. The number of benzene rings is 2. The second kappa shape index (κ2) is 7.40. The molecule has 2 aliphatic rings. The maximum atomic E-state index is 13.9. The number of carbonyl (C=O) groups is 1. The molecule has 7 nitrogen and oxygen atoms in total. The standard InChI is InChI=1S/C19H19FN2O5S/c20-14-5-1-4-8-18(14)28(24,25)22-11-9-21(10-12-22)19(23)17-13-26-15-6-2-3-7-16(15)27-17/h1-8,17H,9-13H2/t17-/m0/s1. The summed E-state index contributed by atoms with van der Waals surface area (Å²) in [4.78, 5) is 13.9. The van der Waals surface area contributed by atoms with Gasteiger partial charge in [-0.1, -0.05) is 24.3 Å². The molecule has 148 valence electrons. The molecule has 0 spiro atoms. The predicted octanol–water partition coefficient (Wildman–Crippen LogP) is 1.50. The van der Waals surface area contributed by atoms with Crippen molar-refractivity contribution in [2.24, 2.45) is 0 Å². The summed E-state index contributed by atoms with van der Waals surface area (Å²) in [5, 5.41) is 0. The van der Waals surface area contributed by atoms with E-state index in [9.17, 15) is 17.6 Å². The summed E-state index contributed by atoms with van der Waals surface area (Å²) in [6, 6.07) is 12.4. The van der Waals surface area contributed by atoms with Crippen LogP contribution in [-0.2, 0) is 14.8 Å². The molecule has 28 heavy (non-hydrogen) atoms. The topological polar surface area (TPSA) is 76.2 Å². The third-order valence-corrected chi connectivity index (χ3v) is 6.72. The van der Waals surface area contributed by atoms with E-state index < -0.39 is 21.9 Å². The van der Waals surface area contributed by atoms with Crippen LogP contribution in [0.2, 0.25) is 0 Å². The van der Waals surface area contributed by atoms with Gasteiger partial charge in [-0.25, -0.2) is 12.8 Å². The van der Waals surface area contributed by atoms with Crippen molar-refractivity contribution >= 4 is 15.9 Å². The molecule has 2 aromatic rings. The highest BCUT2D eigenvalue weighted by Gasteiger charge is 2.36. The average molecular weight is 406 g/mol. The first kappa shape index (κ1) is 18.7. The molecule has 9 heteroatoms. The van der Waals surface area contributed by atoms with Gasteiger partial charge in [0.15, 0.2) is 11.5 Å². The van der Waals surface area contributed by atoms with Crippen LogP contribution in [0.1, 0.15) is 0 Å². The van der Waals surface area contributed by atoms with Crippen molar-refractivity contribution in [3.8, 4) is 11.5 Å². The second-order valence-electron chi connectivity index (χ2n) is 6.52. The Hall–Kier alpha value is -2.65. The molecule has 0 aliphatic carbocycles. The van der Waals surface area contributed by atoms with Crippen LogP contribution in [0.4, 0.5) is 4.39 Å². The molecule has 1 fully saturated rings. The second-order valence-corrected chi connectivity index (χ2v) is 8.43. The molecule has 0 unspecified atom stereocenters. The largest absolute Gasteiger partial charge is 0.485 e. The van der Waals surface area contributed by atoms with Gasteiger partial charge in [0.2, 0.25) is 16.1 Å². The van der Waals surface area contributed by atoms with Gasteiger partial charge in [-0.15, -0.1) is 0 Å². The van der Waals surface area contributed by atoms with Gasteiger partial charge in [-0.3, -0.25) is 4.79 Å². The van der Waals surface area contributed by atoms with E-state index in [4.69, 9.17) is 9.47 Å². The Bertz CT molecular complexity index is 989. The Kier molecular flexibility index (Phi) is 4.94. The van der Waals surface area contributed by atoms with Gasteiger partial charge < -0.3 is 14.4 Å². The van der Waals surface area contributed by atoms with Crippen LogP contribution in [0, 0.1) is 5.82 Å². The number of para-hydroxylation sites is 2. The third kappa shape index (κ3) is 3.43. The van der Waals surface area contributed by atoms with E-state index in [0.29, 0.717) is 11.5 Å². The monoisotopic (exact) mass is 406 g/mol. The lowest BCUT2D eigenvalue weighted by Gasteiger charge is -2.36. The van der Waals surface area contributed by atoms with Crippen LogP contribution in [0.5, 0.6) is 11.5 Å². The van der Waals surface area contributed by atoms with Crippen LogP contribution in [0.25, 0.3) is 0 Å². The van der Waals surface area contributed by atoms with Crippen molar-refractivity contribution in [3.05, 3.63) is 54.3 Å². The number of hydrogen-bond acceptors (Lipinski definition) is 5. The highest BCUT2D eigenvalue weighted by Crippen LogP contribution is 2.31. The number of carbonyl (C=O) groups excluding carboxylic acids is 1. The highest BCUT2D eigenvalue weighted by molar-refractivity contribution is 7.89. The smallest absolute Gasteiger partial charge is 0.267 e. The highest BCUT2D eigenvalue weighted by atomic mass is 32.2. The summed E-state index contributed by atoms with van der Waals surface area (Å²) in [5.74, 6) is 0.0603.